The fraction of sp³-hybridized carbons (Fsp3) is 0.773. The van der Waals surface area contributed by atoms with Crippen molar-refractivity contribution in [3.63, 3.8) is 0 Å². The molecule has 0 aromatic carbocycles. The van der Waals surface area contributed by atoms with Crippen molar-refractivity contribution < 1.29 is 18.4 Å². The maximum Gasteiger partial charge on any atom is 0.260 e. The van der Waals surface area contributed by atoms with Crippen molar-refractivity contribution in [2.24, 2.45) is 11.8 Å². The van der Waals surface area contributed by atoms with Gasteiger partial charge in [0.2, 0.25) is 11.8 Å². The van der Waals surface area contributed by atoms with E-state index in [-0.39, 0.29) is 41.7 Å². The highest BCUT2D eigenvalue weighted by Crippen LogP contribution is 2.37. The number of rotatable bonds is 3. The minimum atomic E-state index is -2.46. The fourth-order valence-electron chi connectivity index (χ4n) is 5.31. The van der Waals surface area contributed by atoms with Crippen LogP contribution >= 0.6 is 0 Å². The molecule has 0 bridgehead atoms. The number of amides is 2. The van der Waals surface area contributed by atoms with Gasteiger partial charge in [0.25, 0.3) is 6.43 Å². The van der Waals surface area contributed by atoms with E-state index in [1.165, 1.54) is 4.68 Å². The molecule has 31 heavy (non-hydrogen) atoms. The van der Waals surface area contributed by atoms with Crippen molar-refractivity contribution in [1.29, 1.82) is 0 Å². The van der Waals surface area contributed by atoms with Gasteiger partial charge in [-0.15, -0.1) is 0 Å². The van der Waals surface area contributed by atoms with E-state index >= 15 is 0 Å². The molecule has 1 aromatic rings. The van der Waals surface area contributed by atoms with E-state index in [9.17, 15) is 18.4 Å². The van der Waals surface area contributed by atoms with Gasteiger partial charge in [-0.1, -0.05) is 0 Å². The number of nitrogens with zero attached hydrogens (tertiary/aromatic N) is 4. The fourth-order valence-corrected chi connectivity index (χ4v) is 5.31. The van der Waals surface area contributed by atoms with Crippen LogP contribution in [-0.4, -0.2) is 69.0 Å². The lowest BCUT2D eigenvalue weighted by Crippen LogP contribution is -2.48. The summed E-state index contributed by atoms with van der Waals surface area (Å²) in [5.74, 6) is 0.692. The molecule has 172 valence electrons. The lowest BCUT2D eigenvalue weighted by Gasteiger charge is -2.41. The highest BCUT2D eigenvalue weighted by atomic mass is 19.3. The van der Waals surface area contributed by atoms with Crippen molar-refractivity contribution in [1.82, 2.24) is 19.6 Å². The molecule has 3 aliphatic heterocycles. The molecule has 4 rings (SSSR count). The van der Waals surface area contributed by atoms with Gasteiger partial charge in [0, 0.05) is 43.7 Å². The second-order valence-electron chi connectivity index (χ2n) is 10.2. The van der Waals surface area contributed by atoms with Gasteiger partial charge >= 0.3 is 0 Å². The summed E-state index contributed by atoms with van der Waals surface area (Å²) in [6.45, 7) is 9.47. The van der Waals surface area contributed by atoms with Crippen molar-refractivity contribution in [3.05, 3.63) is 11.8 Å². The Hall–Kier alpha value is -2.19. The Morgan fingerprint density at radius 2 is 1.94 bits per heavy atom. The van der Waals surface area contributed by atoms with Gasteiger partial charge in [-0.2, -0.15) is 5.10 Å². The van der Waals surface area contributed by atoms with E-state index in [0.717, 1.165) is 18.5 Å². The number of anilines is 1. The van der Waals surface area contributed by atoms with E-state index in [0.29, 0.717) is 31.9 Å². The van der Waals surface area contributed by atoms with Gasteiger partial charge in [-0.3, -0.25) is 9.59 Å². The van der Waals surface area contributed by atoms with Gasteiger partial charge in [0.15, 0.2) is 0 Å². The lowest BCUT2D eigenvalue weighted by atomic mass is 9.84. The van der Waals surface area contributed by atoms with Crippen LogP contribution in [0.2, 0.25) is 0 Å². The van der Waals surface area contributed by atoms with E-state index in [4.69, 9.17) is 0 Å². The van der Waals surface area contributed by atoms with Crippen LogP contribution in [0.1, 0.15) is 58.2 Å². The Morgan fingerprint density at radius 1 is 1.26 bits per heavy atom. The number of alkyl halides is 2. The highest BCUT2D eigenvalue weighted by molar-refractivity contribution is 5.89. The number of hydrogen-bond acceptors (Lipinski definition) is 4. The number of carbonyl (C=O) groups excluding carboxylic acids is 2. The predicted molar refractivity (Wildman–Crippen MR) is 113 cm³/mol. The molecule has 1 N–H and O–H groups in total. The minimum absolute atomic E-state index is 0.0390. The molecule has 0 aliphatic carbocycles. The first-order valence-electron chi connectivity index (χ1n) is 11.2. The second-order valence-corrected chi connectivity index (χ2v) is 10.2. The zero-order valence-corrected chi connectivity index (χ0v) is 18.8. The first-order valence-corrected chi connectivity index (χ1v) is 11.2. The molecule has 4 heterocycles. The van der Waals surface area contributed by atoms with Crippen LogP contribution in [0.25, 0.3) is 0 Å². The third-order valence-corrected chi connectivity index (χ3v) is 7.00. The summed E-state index contributed by atoms with van der Waals surface area (Å²) in [6.07, 6.45) is -0.302. The van der Waals surface area contributed by atoms with Crippen LogP contribution in [0, 0.1) is 18.8 Å². The second kappa shape index (κ2) is 8.06. The quantitative estimate of drug-likeness (QED) is 0.789. The van der Waals surface area contributed by atoms with Crippen LogP contribution < -0.4 is 5.32 Å². The minimum Gasteiger partial charge on any atom is -0.367 e. The molecular weight excluding hydrogens is 404 g/mol. The molecular formula is C22H33F2N5O2. The van der Waals surface area contributed by atoms with Crippen LogP contribution in [-0.2, 0) is 9.59 Å². The molecule has 0 saturated carbocycles. The van der Waals surface area contributed by atoms with E-state index < -0.39 is 12.5 Å². The summed E-state index contributed by atoms with van der Waals surface area (Å²) < 4.78 is 28.8. The monoisotopic (exact) mass is 437 g/mol. The van der Waals surface area contributed by atoms with Crippen molar-refractivity contribution in [3.8, 4) is 0 Å². The van der Waals surface area contributed by atoms with Gasteiger partial charge < -0.3 is 15.1 Å². The number of carbonyl (C=O) groups is 2. The molecule has 3 aliphatic rings. The van der Waals surface area contributed by atoms with Gasteiger partial charge in [-0.25, -0.2) is 13.5 Å². The molecule has 0 spiro atoms. The zero-order chi connectivity index (χ0) is 22.5. The highest BCUT2D eigenvalue weighted by Gasteiger charge is 2.42. The predicted octanol–water partition coefficient (Wildman–Crippen LogP) is 3.07. The maximum atomic E-state index is 13.7. The summed E-state index contributed by atoms with van der Waals surface area (Å²) in [5.41, 5.74) is 0.447. The smallest absolute Gasteiger partial charge is 0.260 e. The summed E-state index contributed by atoms with van der Waals surface area (Å²) >= 11 is 0. The third kappa shape index (κ3) is 4.28. The Balaban J connectivity index is 1.36. The molecule has 3 atom stereocenters. The molecule has 1 unspecified atom stereocenters. The Morgan fingerprint density at radius 3 is 2.52 bits per heavy atom. The van der Waals surface area contributed by atoms with Gasteiger partial charge in [-0.05, 0) is 52.9 Å². The molecule has 0 radical (unpaired) electrons. The van der Waals surface area contributed by atoms with E-state index in [1.807, 2.05) is 38.7 Å². The maximum absolute atomic E-state index is 13.7. The normalized spacial score (nSPS) is 27.6. The molecule has 9 heteroatoms. The van der Waals surface area contributed by atoms with Crippen LogP contribution in [0.5, 0.6) is 0 Å². The molecule has 2 amide bonds. The Labute approximate surface area is 182 Å². The average molecular weight is 438 g/mol. The Bertz CT molecular complexity index is 841. The van der Waals surface area contributed by atoms with Gasteiger partial charge in [0.1, 0.15) is 11.9 Å². The number of halogens is 2. The number of aryl methyl sites for hydroxylation is 1. The summed E-state index contributed by atoms with van der Waals surface area (Å²) in [5, 5.41) is 7.64. The number of likely N-dealkylation sites (tertiary alicyclic amines) is 2. The number of fused-ring (bicyclic) bond motifs is 1. The number of aromatic nitrogens is 2. The molecule has 1 aromatic heterocycles. The van der Waals surface area contributed by atoms with E-state index in [2.05, 4.69) is 10.4 Å². The summed E-state index contributed by atoms with van der Waals surface area (Å²) in [4.78, 5) is 29.0. The van der Waals surface area contributed by atoms with Crippen LogP contribution in [0.4, 0.5) is 14.6 Å². The first-order chi connectivity index (χ1) is 14.5. The molecule has 7 nitrogen and oxygen atoms in total. The number of piperidine rings is 1. The van der Waals surface area contributed by atoms with E-state index in [1.54, 1.807) is 4.90 Å². The van der Waals surface area contributed by atoms with Crippen molar-refractivity contribution >= 4 is 17.6 Å². The third-order valence-electron chi connectivity index (χ3n) is 7.00. The van der Waals surface area contributed by atoms with Crippen LogP contribution in [0.3, 0.4) is 0 Å². The summed E-state index contributed by atoms with van der Waals surface area (Å²) in [6, 6.07) is 0.852. The lowest BCUT2D eigenvalue weighted by molar-refractivity contribution is -0.137. The summed E-state index contributed by atoms with van der Waals surface area (Å²) in [7, 11) is 0. The van der Waals surface area contributed by atoms with Crippen LogP contribution in [0.15, 0.2) is 6.07 Å². The Kier molecular flexibility index (Phi) is 5.72. The zero-order valence-electron chi connectivity index (χ0n) is 18.8. The molecule has 2 saturated heterocycles. The standard InChI is InChI=1S/C22H33F2N5O2/c1-13-9-18-25-16(11-17(20(23)24)29(18)26-13)14-5-7-27(8-6-14)21(31)15-10-19(30)28(12-15)22(2,3)4/h9,14-17,20,25H,5-8,10-12H2,1-4H3/t15?,16-,17+/m0/s1. The van der Waals surface area contributed by atoms with Crippen molar-refractivity contribution in [2.45, 2.75) is 77.4 Å². The number of hydrogen-bond donors (Lipinski definition) is 1. The first kappa shape index (κ1) is 22.0. The average Bonchev–Trinajstić information content (AvgIpc) is 3.28. The number of nitrogens with one attached hydrogen (secondary N) is 1. The topological polar surface area (TPSA) is 70.5 Å². The molecule has 2 fully saturated rings. The van der Waals surface area contributed by atoms with Gasteiger partial charge in [0.05, 0.1) is 11.6 Å². The largest absolute Gasteiger partial charge is 0.367 e. The SMILES string of the molecule is Cc1cc2n(n1)[C@@H](C(F)F)C[C@@H](C1CCN(C(=O)C3CC(=O)N(C(C)(C)C)C3)CC1)N2. The van der Waals surface area contributed by atoms with Crippen molar-refractivity contribution in [2.75, 3.05) is 25.0 Å².